The molecule has 0 saturated carbocycles. The van der Waals surface area contributed by atoms with E-state index >= 15 is 0 Å². The summed E-state index contributed by atoms with van der Waals surface area (Å²) in [6.45, 7) is 4.79. The summed E-state index contributed by atoms with van der Waals surface area (Å²) >= 11 is 0. The third kappa shape index (κ3) is 2.00. The smallest absolute Gasteiger partial charge is 0.234 e. The molecule has 0 radical (unpaired) electrons. The molecule has 0 aromatic carbocycles. The SMILES string of the molecule is COC(C)(C)N1CCCC1C(N)=O. The quantitative estimate of drug-likeness (QED) is 0.690. The lowest BCUT2D eigenvalue weighted by molar-refractivity contribution is -0.141. The van der Waals surface area contributed by atoms with Gasteiger partial charge in [-0.3, -0.25) is 9.69 Å². The van der Waals surface area contributed by atoms with Crippen molar-refractivity contribution in [3.05, 3.63) is 0 Å². The minimum atomic E-state index is -0.393. The number of ether oxygens (including phenoxy) is 1. The number of amides is 1. The van der Waals surface area contributed by atoms with Gasteiger partial charge < -0.3 is 10.5 Å². The zero-order valence-electron chi connectivity index (χ0n) is 8.54. The summed E-state index contributed by atoms with van der Waals surface area (Å²) < 4.78 is 5.32. The fraction of sp³-hybridized carbons (Fsp3) is 0.889. The molecule has 0 aromatic rings. The van der Waals surface area contributed by atoms with Crippen LogP contribution in [0.5, 0.6) is 0 Å². The Morgan fingerprint density at radius 3 is 2.69 bits per heavy atom. The second-order valence-corrected chi connectivity index (χ2v) is 3.90. The minimum Gasteiger partial charge on any atom is -0.368 e. The van der Waals surface area contributed by atoms with Crippen LogP contribution in [0.1, 0.15) is 26.7 Å². The van der Waals surface area contributed by atoms with Crippen LogP contribution in [0.4, 0.5) is 0 Å². The highest BCUT2D eigenvalue weighted by Crippen LogP contribution is 2.26. The van der Waals surface area contributed by atoms with E-state index in [4.69, 9.17) is 10.5 Å². The number of primary amides is 1. The first-order valence-electron chi connectivity index (χ1n) is 4.60. The number of rotatable bonds is 3. The predicted molar refractivity (Wildman–Crippen MR) is 50.0 cm³/mol. The van der Waals surface area contributed by atoms with E-state index in [1.807, 2.05) is 18.7 Å². The molecule has 1 rings (SSSR count). The lowest BCUT2D eigenvalue weighted by Gasteiger charge is -2.37. The molecule has 1 saturated heterocycles. The van der Waals surface area contributed by atoms with Crippen LogP contribution < -0.4 is 5.73 Å². The van der Waals surface area contributed by atoms with Crippen molar-refractivity contribution in [2.24, 2.45) is 5.73 Å². The summed E-state index contributed by atoms with van der Waals surface area (Å²) in [5.74, 6) is -0.248. The van der Waals surface area contributed by atoms with Crippen LogP contribution in [-0.2, 0) is 9.53 Å². The number of carbonyl (C=O) groups excluding carboxylic acids is 1. The van der Waals surface area contributed by atoms with Crippen molar-refractivity contribution in [1.82, 2.24) is 4.90 Å². The van der Waals surface area contributed by atoms with Crippen LogP contribution in [0.2, 0.25) is 0 Å². The standard InChI is InChI=1S/C9H18N2O2/c1-9(2,13-3)11-6-4-5-7(11)8(10)12/h7H,4-6H2,1-3H3,(H2,10,12). The first-order valence-corrected chi connectivity index (χ1v) is 4.60. The Balaban J connectivity index is 2.73. The molecule has 0 spiro atoms. The van der Waals surface area contributed by atoms with E-state index in [-0.39, 0.29) is 11.9 Å². The Morgan fingerprint density at radius 2 is 2.23 bits per heavy atom. The van der Waals surface area contributed by atoms with Crippen molar-refractivity contribution in [3.8, 4) is 0 Å². The summed E-state index contributed by atoms with van der Waals surface area (Å²) in [6, 6.07) is -0.157. The largest absolute Gasteiger partial charge is 0.368 e. The van der Waals surface area contributed by atoms with Gasteiger partial charge in [-0.1, -0.05) is 0 Å². The number of methoxy groups -OCH3 is 1. The molecule has 0 bridgehead atoms. The fourth-order valence-electron chi connectivity index (χ4n) is 1.82. The lowest BCUT2D eigenvalue weighted by atomic mass is 10.1. The molecule has 1 aliphatic rings. The first kappa shape index (κ1) is 10.5. The zero-order valence-corrected chi connectivity index (χ0v) is 8.54. The molecule has 1 aliphatic heterocycles. The number of hydrogen-bond donors (Lipinski definition) is 1. The van der Waals surface area contributed by atoms with Gasteiger partial charge in [-0.05, 0) is 26.7 Å². The van der Waals surface area contributed by atoms with Crippen LogP contribution in [0.3, 0.4) is 0 Å². The highest BCUT2D eigenvalue weighted by molar-refractivity contribution is 5.80. The van der Waals surface area contributed by atoms with Crippen molar-refractivity contribution >= 4 is 5.91 Å². The van der Waals surface area contributed by atoms with Gasteiger partial charge >= 0.3 is 0 Å². The minimum absolute atomic E-state index is 0.157. The number of hydrogen-bond acceptors (Lipinski definition) is 3. The Morgan fingerprint density at radius 1 is 1.62 bits per heavy atom. The van der Waals surface area contributed by atoms with Gasteiger partial charge in [0.2, 0.25) is 5.91 Å². The van der Waals surface area contributed by atoms with Gasteiger partial charge in [0.05, 0.1) is 6.04 Å². The Labute approximate surface area is 79.0 Å². The number of nitrogens with zero attached hydrogens (tertiary/aromatic N) is 1. The normalized spacial score (nSPS) is 25.0. The average Bonchev–Trinajstić information content (AvgIpc) is 2.52. The highest BCUT2D eigenvalue weighted by Gasteiger charge is 2.38. The van der Waals surface area contributed by atoms with Crippen LogP contribution in [-0.4, -0.2) is 36.2 Å². The van der Waals surface area contributed by atoms with E-state index in [9.17, 15) is 4.79 Å². The lowest BCUT2D eigenvalue weighted by Crippen LogP contribution is -2.52. The van der Waals surface area contributed by atoms with Crippen molar-refractivity contribution < 1.29 is 9.53 Å². The summed E-state index contributed by atoms with van der Waals surface area (Å²) in [5.41, 5.74) is 4.91. The topological polar surface area (TPSA) is 55.6 Å². The maximum atomic E-state index is 11.1. The van der Waals surface area contributed by atoms with E-state index in [0.717, 1.165) is 19.4 Å². The van der Waals surface area contributed by atoms with Crippen molar-refractivity contribution in [2.75, 3.05) is 13.7 Å². The van der Waals surface area contributed by atoms with E-state index in [2.05, 4.69) is 0 Å². The van der Waals surface area contributed by atoms with Crippen molar-refractivity contribution in [1.29, 1.82) is 0 Å². The predicted octanol–water partition coefficient (Wildman–Crippen LogP) is 0.319. The van der Waals surface area contributed by atoms with Gasteiger partial charge in [0.25, 0.3) is 0 Å². The van der Waals surface area contributed by atoms with E-state index in [0.29, 0.717) is 0 Å². The molecule has 4 heteroatoms. The third-order valence-corrected chi connectivity index (χ3v) is 2.77. The van der Waals surface area contributed by atoms with E-state index in [1.54, 1.807) is 7.11 Å². The molecule has 76 valence electrons. The Hall–Kier alpha value is -0.610. The molecular weight excluding hydrogens is 168 g/mol. The molecule has 1 amide bonds. The van der Waals surface area contributed by atoms with Gasteiger partial charge in [-0.15, -0.1) is 0 Å². The van der Waals surface area contributed by atoms with Crippen LogP contribution in [0.25, 0.3) is 0 Å². The molecule has 1 atom stereocenters. The van der Waals surface area contributed by atoms with Gasteiger partial charge in [0, 0.05) is 13.7 Å². The molecule has 4 nitrogen and oxygen atoms in total. The molecule has 0 aromatic heterocycles. The summed E-state index contributed by atoms with van der Waals surface area (Å²) in [7, 11) is 1.65. The summed E-state index contributed by atoms with van der Waals surface area (Å²) in [4.78, 5) is 13.1. The van der Waals surface area contributed by atoms with Crippen LogP contribution in [0.15, 0.2) is 0 Å². The molecule has 1 fully saturated rings. The molecule has 1 heterocycles. The Bertz CT molecular complexity index is 204. The van der Waals surface area contributed by atoms with Gasteiger partial charge in [-0.25, -0.2) is 0 Å². The van der Waals surface area contributed by atoms with Gasteiger partial charge in [-0.2, -0.15) is 0 Å². The highest BCUT2D eigenvalue weighted by atomic mass is 16.5. The number of nitrogens with two attached hydrogens (primary N) is 1. The number of likely N-dealkylation sites (tertiary alicyclic amines) is 1. The van der Waals surface area contributed by atoms with Crippen molar-refractivity contribution in [2.45, 2.75) is 38.5 Å². The summed E-state index contributed by atoms with van der Waals surface area (Å²) in [6.07, 6.45) is 1.86. The number of carbonyl (C=O) groups is 1. The maximum Gasteiger partial charge on any atom is 0.234 e. The van der Waals surface area contributed by atoms with Crippen LogP contribution in [0, 0.1) is 0 Å². The monoisotopic (exact) mass is 186 g/mol. The third-order valence-electron chi connectivity index (χ3n) is 2.77. The maximum absolute atomic E-state index is 11.1. The van der Waals surface area contributed by atoms with E-state index < -0.39 is 5.72 Å². The van der Waals surface area contributed by atoms with Crippen molar-refractivity contribution in [3.63, 3.8) is 0 Å². The molecule has 1 unspecified atom stereocenters. The average molecular weight is 186 g/mol. The van der Waals surface area contributed by atoms with Crippen LogP contribution >= 0.6 is 0 Å². The Kier molecular flexibility index (Phi) is 2.93. The zero-order chi connectivity index (χ0) is 10.1. The van der Waals surface area contributed by atoms with Gasteiger partial charge in [0.1, 0.15) is 5.72 Å². The van der Waals surface area contributed by atoms with E-state index in [1.165, 1.54) is 0 Å². The second-order valence-electron chi connectivity index (χ2n) is 3.90. The van der Waals surface area contributed by atoms with Gasteiger partial charge in [0.15, 0.2) is 0 Å². The summed E-state index contributed by atoms with van der Waals surface area (Å²) in [5, 5.41) is 0. The fourth-order valence-corrected chi connectivity index (χ4v) is 1.82. The first-order chi connectivity index (χ1) is 5.99. The second kappa shape index (κ2) is 3.64. The molecule has 13 heavy (non-hydrogen) atoms. The molecular formula is C9H18N2O2. The molecule has 2 N–H and O–H groups in total. The molecule has 0 aliphatic carbocycles.